The van der Waals surface area contributed by atoms with Gasteiger partial charge in [0.05, 0.1) is 19.8 Å². The maximum absolute atomic E-state index is 13.7. The number of esters is 2. The summed E-state index contributed by atoms with van der Waals surface area (Å²) in [5, 5.41) is 3.30. The molecule has 0 unspecified atom stereocenters. The first kappa shape index (κ1) is 23.1. The van der Waals surface area contributed by atoms with Gasteiger partial charge in [-0.3, -0.25) is 9.59 Å². The van der Waals surface area contributed by atoms with E-state index in [4.69, 9.17) is 14.2 Å². The molecule has 2 aliphatic carbocycles. The van der Waals surface area contributed by atoms with Crippen molar-refractivity contribution in [1.29, 1.82) is 0 Å². The molecule has 0 radical (unpaired) electrons. The van der Waals surface area contributed by atoms with Gasteiger partial charge in [-0.1, -0.05) is 19.1 Å². The second-order valence-electron chi connectivity index (χ2n) is 9.12. The zero-order valence-corrected chi connectivity index (χ0v) is 19.6. The summed E-state index contributed by atoms with van der Waals surface area (Å²) in [5.41, 5.74) is 2.99. The highest BCUT2D eigenvalue weighted by molar-refractivity contribution is 6.12. The number of Topliss-reactive ketones (excluding diaryl/α,β-unsaturated/α-hetero) is 1. The summed E-state index contributed by atoms with van der Waals surface area (Å²) in [5.74, 6) is -2.45. The Morgan fingerprint density at radius 2 is 1.85 bits per heavy atom. The van der Waals surface area contributed by atoms with Gasteiger partial charge in [0, 0.05) is 22.9 Å². The van der Waals surface area contributed by atoms with Gasteiger partial charge in [0.25, 0.3) is 0 Å². The van der Waals surface area contributed by atoms with Crippen molar-refractivity contribution in [3.63, 3.8) is 0 Å². The van der Waals surface area contributed by atoms with Crippen molar-refractivity contribution in [2.24, 2.45) is 11.8 Å². The summed E-state index contributed by atoms with van der Waals surface area (Å²) in [6.07, 6.45) is 4.18. The second-order valence-corrected chi connectivity index (χ2v) is 9.12. The Hall–Kier alpha value is -3.09. The van der Waals surface area contributed by atoms with Crippen molar-refractivity contribution < 1.29 is 28.6 Å². The number of carbonyl (C=O) groups is 3. The van der Waals surface area contributed by atoms with Crippen LogP contribution in [0.4, 0.5) is 0 Å². The first-order chi connectivity index (χ1) is 15.8. The van der Waals surface area contributed by atoms with Crippen molar-refractivity contribution in [3.05, 3.63) is 52.4 Å². The minimum atomic E-state index is -0.908. The van der Waals surface area contributed by atoms with E-state index in [2.05, 4.69) is 5.32 Å². The molecular weight excluding hydrogens is 422 g/mol. The summed E-state index contributed by atoms with van der Waals surface area (Å²) in [4.78, 5) is 39.7. The van der Waals surface area contributed by atoms with Gasteiger partial charge < -0.3 is 19.5 Å². The zero-order valence-electron chi connectivity index (χ0n) is 19.6. The zero-order chi connectivity index (χ0) is 23.7. The smallest absolute Gasteiger partial charge is 0.337 e. The third-order valence-electron chi connectivity index (χ3n) is 6.97. The number of rotatable bonds is 5. The fourth-order valence-corrected chi connectivity index (χ4v) is 5.33. The van der Waals surface area contributed by atoms with Crippen LogP contribution in [-0.2, 0) is 23.9 Å². The number of nitrogens with one attached hydrogen (secondary N) is 1. The van der Waals surface area contributed by atoms with Gasteiger partial charge in [-0.2, -0.15) is 0 Å². The van der Waals surface area contributed by atoms with E-state index < -0.39 is 23.8 Å². The van der Waals surface area contributed by atoms with E-state index in [0.717, 1.165) is 36.9 Å². The van der Waals surface area contributed by atoms with Crippen LogP contribution in [0.5, 0.6) is 5.75 Å². The molecule has 3 atom stereocenters. The van der Waals surface area contributed by atoms with Gasteiger partial charge in [-0.25, -0.2) is 4.79 Å². The standard InChI is InChI=1S/C26H31NO6/c1-14-12-19-23(24(28)20(14)25(29)32-4)22(16-8-7-11-18(13-16)31-3)21(15(2)27-19)26(30)33-17-9-5-6-10-17/h7-8,11,13-14,17,20,22,27H,5-6,9-10,12H2,1-4H3/t14-,20-,22-/m0/s1. The maximum Gasteiger partial charge on any atom is 0.337 e. The van der Waals surface area contributed by atoms with Gasteiger partial charge in [0.1, 0.15) is 17.8 Å². The first-order valence-corrected chi connectivity index (χ1v) is 11.5. The molecule has 176 valence electrons. The largest absolute Gasteiger partial charge is 0.497 e. The highest BCUT2D eigenvalue weighted by Crippen LogP contribution is 2.46. The van der Waals surface area contributed by atoms with Crippen molar-refractivity contribution in [2.45, 2.75) is 58.0 Å². The number of benzene rings is 1. The number of ketones is 1. The molecule has 7 heteroatoms. The Labute approximate surface area is 194 Å². The Bertz CT molecular complexity index is 1030. The Morgan fingerprint density at radius 1 is 1.12 bits per heavy atom. The molecule has 1 fully saturated rings. The summed E-state index contributed by atoms with van der Waals surface area (Å²) >= 11 is 0. The molecule has 0 saturated heterocycles. The molecule has 1 aromatic rings. The number of hydrogen-bond acceptors (Lipinski definition) is 7. The lowest BCUT2D eigenvalue weighted by Crippen LogP contribution is -2.43. The van der Waals surface area contributed by atoms with E-state index in [9.17, 15) is 14.4 Å². The van der Waals surface area contributed by atoms with Gasteiger partial charge in [0.2, 0.25) is 0 Å². The Morgan fingerprint density at radius 3 is 2.52 bits per heavy atom. The monoisotopic (exact) mass is 453 g/mol. The number of dihydropyridines is 1. The SMILES string of the molecule is COC(=O)[C@@H]1C(=O)C2=C(C[C@@H]1C)NC(C)=C(C(=O)OC1CCCC1)[C@@H]2c1cccc(OC)c1. The van der Waals surface area contributed by atoms with Gasteiger partial charge in [-0.15, -0.1) is 0 Å². The van der Waals surface area contributed by atoms with E-state index in [1.165, 1.54) is 7.11 Å². The van der Waals surface area contributed by atoms with E-state index in [0.29, 0.717) is 29.0 Å². The van der Waals surface area contributed by atoms with E-state index in [1.54, 1.807) is 7.11 Å². The topological polar surface area (TPSA) is 90.9 Å². The lowest BCUT2D eigenvalue weighted by molar-refractivity contribution is -0.151. The van der Waals surface area contributed by atoms with Gasteiger partial charge >= 0.3 is 11.9 Å². The van der Waals surface area contributed by atoms with Crippen LogP contribution in [0.1, 0.15) is 57.4 Å². The highest BCUT2D eigenvalue weighted by atomic mass is 16.5. The summed E-state index contributed by atoms with van der Waals surface area (Å²) < 4.78 is 16.2. The van der Waals surface area contributed by atoms with Crippen molar-refractivity contribution in [3.8, 4) is 5.75 Å². The lowest BCUT2D eigenvalue weighted by atomic mass is 9.69. The Kier molecular flexibility index (Phi) is 6.58. The molecule has 0 bridgehead atoms. The summed E-state index contributed by atoms with van der Waals surface area (Å²) in [6, 6.07) is 7.35. The van der Waals surface area contributed by atoms with E-state index in [-0.39, 0.29) is 17.8 Å². The number of allylic oxidation sites excluding steroid dienone is 3. The molecule has 4 rings (SSSR count). The van der Waals surface area contributed by atoms with Crippen LogP contribution < -0.4 is 10.1 Å². The fraction of sp³-hybridized carbons (Fsp3) is 0.500. The first-order valence-electron chi connectivity index (χ1n) is 11.5. The molecule has 1 N–H and O–H groups in total. The minimum absolute atomic E-state index is 0.107. The van der Waals surface area contributed by atoms with Crippen LogP contribution in [0.25, 0.3) is 0 Å². The number of hydrogen-bond donors (Lipinski definition) is 1. The number of carbonyl (C=O) groups excluding carboxylic acids is 3. The summed E-state index contributed by atoms with van der Waals surface area (Å²) in [7, 11) is 2.86. The van der Waals surface area contributed by atoms with Crippen LogP contribution in [0, 0.1) is 11.8 Å². The third-order valence-corrected chi connectivity index (χ3v) is 6.97. The average Bonchev–Trinajstić information content (AvgIpc) is 3.30. The molecule has 1 aromatic carbocycles. The molecule has 7 nitrogen and oxygen atoms in total. The maximum atomic E-state index is 13.7. The van der Waals surface area contributed by atoms with E-state index in [1.807, 2.05) is 38.1 Å². The van der Waals surface area contributed by atoms with Crippen molar-refractivity contribution >= 4 is 17.7 Å². The molecule has 0 amide bonds. The summed E-state index contributed by atoms with van der Waals surface area (Å²) in [6.45, 7) is 3.71. The normalized spacial score (nSPS) is 25.5. The average molecular weight is 454 g/mol. The van der Waals surface area contributed by atoms with Crippen LogP contribution in [0.2, 0.25) is 0 Å². The van der Waals surface area contributed by atoms with Crippen LogP contribution >= 0.6 is 0 Å². The number of ether oxygens (including phenoxy) is 3. The van der Waals surface area contributed by atoms with Gasteiger partial charge in [0.15, 0.2) is 5.78 Å². The van der Waals surface area contributed by atoms with Crippen LogP contribution in [0.15, 0.2) is 46.8 Å². The molecule has 3 aliphatic rings. The quantitative estimate of drug-likeness (QED) is 0.536. The lowest BCUT2D eigenvalue weighted by Gasteiger charge is -2.38. The fourth-order valence-electron chi connectivity index (χ4n) is 5.33. The predicted octanol–water partition coefficient (Wildman–Crippen LogP) is 3.79. The molecule has 1 heterocycles. The second kappa shape index (κ2) is 9.41. The van der Waals surface area contributed by atoms with Crippen molar-refractivity contribution in [1.82, 2.24) is 5.32 Å². The molecule has 1 saturated carbocycles. The molecule has 0 aromatic heterocycles. The predicted molar refractivity (Wildman–Crippen MR) is 121 cm³/mol. The molecule has 0 spiro atoms. The number of methoxy groups -OCH3 is 2. The van der Waals surface area contributed by atoms with Gasteiger partial charge in [-0.05, 0) is 62.6 Å². The van der Waals surface area contributed by atoms with Crippen LogP contribution in [-0.4, -0.2) is 38.0 Å². The van der Waals surface area contributed by atoms with Crippen LogP contribution in [0.3, 0.4) is 0 Å². The molecule has 33 heavy (non-hydrogen) atoms. The molecular formula is C26H31NO6. The third kappa shape index (κ3) is 4.28. The van der Waals surface area contributed by atoms with Crippen molar-refractivity contribution in [2.75, 3.05) is 14.2 Å². The molecule has 1 aliphatic heterocycles. The Balaban J connectivity index is 1.82. The minimum Gasteiger partial charge on any atom is -0.497 e. The highest BCUT2D eigenvalue weighted by Gasteiger charge is 2.47. The van der Waals surface area contributed by atoms with E-state index >= 15 is 0 Å².